The summed E-state index contributed by atoms with van der Waals surface area (Å²) in [5, 5.41) is 23.8. The number of rotatable bonds is 8. The second kappa shape index (κ2) is 8.34. The van der Waals surface area contributed by atoms with Crippen molar-refractivity contribution in [2.24, 2.45) is 11.8 Å². The van der Waals surface area contributed by atoms with E-state index in [1.807, 2.05) is 6.07 Å². The summed E-state index contributed by atoms with van der Waals surface area (Å²) in [6.07, 6.45) is 7.26. The molecule has 134 valence electrons. The molecule has 6 heteroatoms. The highest BCUT2D eigenvalue weighted by Gasteiger charge is 2.43. The zero-order valence-electron chi connectivity index (χ0n) is 14.4. The first kappa shape index (κ1) is 17.7. The largest absolute Gasteiger partial charge is 0.396 e. The molecule has 0 unspecified atom stereocenters. The molecule has 0 spiro atoms. The average molecular weight is 335 g/mol. The van der Waals surface area contributed by atoms with Gasteiger partial charge < -0.3 is 20.3 Å². The summed E-state index contributed by atoms with van der Waals surface area (Å²) in [5.41, 5.74) is 0.981. The Labute approximate surface area is 143 Å². The lowest BCUT2D eigenvalue weighted by atomic mass is 9.86. The Morgan fingerprint density at radius 3 is 2.83 bits per heavy atom. The summed E-state index contributed by atoms with van der Waals surface area (Å²) < 4.78 is 5.09. The molecule has 0 aromatic carbocycles. The van der Waals surface area contributed by atoms with Gasteiger partial charge >= 0.3 is 0 Å². The highest BCUT2D eigenvalue weighted by molar-refractivity contribution is 5.08. The van der Waals surface area contributed by atoms with Gasteiger partial charge in [-0.1, -0.05) is 6.42 Å². The molecular weight excluding hydrogens is 306 g/mol. The Morgan fingerprint density at radius 2 is 2.17 bits per heavy atom. The number of nitrogens with zero attached hydrogens (tertiary/aromatic N) is 2. The summed E-state index contributed by atoms with van der Waals surface area (Å²) in [4.78, 5) is 8.92. The van der Waals surface area contributed by atoms with Gasteiger partial charge in [-0.05, 0) is 37.7 Å². The normalized spacial score (nSPS) is 30.5. The summed E-state index contributed by atoms with van der Waals surface area (Å²) in [6, 6.07) is 2.76. The van der Waals surface area contributed by atoms with Gasteiger partial charge in [-0.3, -0.25) is 0 Å². The molecule has 4 atom stereocenters. The van der Waals surface area contributed by atoms with Crippen LogP contribution in [0.2, 0.25) is 0 Å². The molecule has 2 aliphatic rings. The molecule has 1 aromatic rings. The molecule has 0 saturated heterocycles. The van der Waals surface area contributed by atoms with E-state index in [2.05, 4.69) is 15.3 Å². The van der Waals surface area contributed by atoms with E-state index in [0.717, 1.165) is 17.9 Å². The summed E-state index contributed by atoms with van der Waals surface area (Å²) in [6.45, 7) is 0.632. The van der Waals surface area contributed by atoms with Crippen LogP contribution >= 0.6 is 0 Å². The number of aromatic nitrogens is 2. The number of nitrogens with one attached hydrogen (secondary N) is 1. The highest BCUT2D eigenvalue weighted by Crippen LogP contribution is 2.36. The van der Waals surface area contributed by atoms with Crippen molar-refractivity contribution in [1.29, 1.82) is 0 Å². The molecule has 0 amide bonds. The van der Waals surface area contributed by atoms with Crippen molar-refractivity contribution in [2.75, 3.05) is 20.3 Å². The van der Waals surface area contributed by atoms with Crippen LogP contribution in [0.1, 0.15) is 37.2 Å². The van der Waals surface area contributed by atoms with Crippen molar-refractivity contribution in [2.45, 2.75) is 56.7 Å². The molecule has 3 N–H and O–H groups in total. The van der Waals surface area contributed by atoms with Crippen LogP contribution in [0.3, 0.4) is 0 Å². The topological polar surface area (TPSA) is 87.5 Å². The van der Waals surface area contributed by atoms with Gasteiger partial charge in [0.15, 0.2) is 0 Å². The van der Waals surface area contributed by atoms with E-state index >= 15 is 0 Å². The number of hydrogen-bond donors (Lipinski definition) is 3. The molecule has 0 aliphatic heterocycles. The van der Waals surface area contributed by atoms with Crippen LogP contribution in [0.4, 0.5) is 0 Å². The second-order valence-corrected chi connectivity index (χ2v) is 7.13. The number of hydrogen-bond acceptors (Lipinski definition) is 6. The number of ether oxygens (including phenoxy) is 1. The SMILES string of the molecule is COCCc1nccc(C[C@@H]2[C@@H](CO)[C@H](O)C[C@H]2NC2CCC2)n1. The third-order valence-corrected chi connectivity index (χ3v) is 5.56. The van der Waals surface area contributed by atoms with Crippen molar-refractivity contribution in [3.8, 4) is 0 Å². The van der Waals surface area contributed by atoms with E-state index in [1.165, 1.54) is 19.3 Å². The second-order valence-electron chi connectivity index (χ2n) is 7.13. The first-order valence-corrected chi connectivity index (χ1v) is 9.06. The predicted octanol–water partition coefficient (Wildman–Crippen LogP) is 0.708. The van der Waals surface area contributed by atoms with Crippen molar-refractivity contribution >= 4 is 0 Å². The monoisotopic (exact) mass is 335 g/mol. The van der Waals surface area contributed by atoms with Gasteiger partial charge in [0.05, 0.1) is 12.7 Å². The van der Waals surface area contributed by atoms with Crippen molar-refractivity contribution in [3.63, 3.8) is 0 Å². The summed E-state index contributed by atoms with van der Waals surface area (Å²) in [7, 11) is 1.67. The van der Waals surface area contributed by atoms with E-state index in [0.29, 0.717) is 25.5 Å². The lowest BCUT2D eigenvalue weighted by Crippen LogP contribution is -2.45. The maximum atomic E-state index is 10.3. The molecule has 2 saturated carbocycles. The van der Waals surface area contributed by atoms with Gasteiger partial charge in [0.1, 0.15) is 5.82 Å². The van der Waals surface area contributed by atoms with Gasteiger partial charge in [0, 0.05) is 50.0 Å². The third-order valence-electron chi connectivity index (χ3n) is 5.56. The minimum absolute atomic E-state index is 0.0241. The van der Waals surface area contributed by atoms with Gasteiger partial charge in [0.25, 0.3) is 0 Å². The minimum Gasteiger partial charge on any atom is -0.396 e. The molecule has 1 aromatic heterocycles. The van der Waals surface area contributed by atoms with Crippen LogP contribution in [-0.2, 0) is 17.6 Å². The minimum atomic E-state index is -0.438. The first-order chi connectivity index (χ1) is 11.7. The number of aliphatic hydroxyl groups excluding tert-OH is 2. The zero-order chi connectivity index (χ0) is 16.9. The molecule has 1 heterocycles. The van der Waals surface area contributed by atoms with E-state index in [4.69, 9.17) is 4.74 Å². The molecule has 0 radical (unpaired) electrons. The Morgan fingerprint density at radius 1 is 1.33 bits per heavy atom. The molecule has 2 aliphatic carbocycles. The van der Waals surface area contributed by atoms with Crippen molar-refractivity contribution in [3.05, 3.63) is 23.8 Å². The van der Waals surface area contributed by atoms with Crippen LogP contribution in [0.5, 0.6) is 0 Å². The molecule has 0 bridgehead atoms. The quantitative estimate of drug-likeness (QED) is 0.648. The Kier molecular flexibility index (Phi) is 6.16. The van der Waals surface area contributed by atoms with E-state index < -0.39 is 6.10 Å². The number of methoxy groups -OCH3 is 1. The molecule has 24 heavy (non-hydrogen) atoms. The van der Waals surface area contributed by atoms with Gasteiger partial charge in [-0.15, -0.1) is 0 Å². The fourth-order valence-corrected chi connectivity index (χ4v) is 3.92. The molecule has 2 fully saturated rings. The van der Waals surface area contributed by atoms with E-state index in [-0.39, 0.29) is 24.5 Å². The Bertz CT molecular complexity index is 524. The Hall–Kier alpha value is -1.08. The van der Waals surface area contributed by atoms with Crippen LogP contribution < -0.4 is 5.32 Å². The standard InChI is InChI=1S/C18H29N3O3/c1-24-8-6-18-19-7-5-13(21-18)9-14-15(11-22)17(23)10-16(14)20-12-3-2-4-12/h5,7,12,14-17,20,22-23H,2-4,6,8-11H2,1H3/t14-,15-,16-,17-/m1/s1. The lowest BCUT2D eigenvalue weighted by molar-refractivity contribution is 0.0714. The zero-order valence-corrected chi connectivity index (χ0v) is 14.4. The van der Waals surface area contributed by atoms with Crippen LogP contribution in [0, 0.1) is 11.8 Å². The Balaban J connectivity index is 1.69. The highest BCUT2D eigenvalue weighted by atomic mass is 16.5. The molecule has 6 nitrogen and oxygen atoms in total. The summed E-state index contributed by atoms with van der Waals surface area (Å²) >= 11 is 0. The van der Waals surface area contributed by atoms with Crippen LogP contribution in [0.25, 0.3) is 0 Å². The fourth-order valence-electron chi connectivity index (χ4n) is 3.92. The van der Waals surface area contributed by atoms with Crippen molar-refractivity contribution in [1.82, 2.24) is 15.3 Å². The predicted molar refractivity (Wildman–Crippen MR) is 90.6 cm³/mol. The van der Waals surface area contributed by atoms with E-state index in [1.54, 1.807) is 13.3 Å². The van der Waals surface area contributed by atoms with Gasteiger partial charge in [0.2, 0.25) is 0 Å². The maximum absolute atomic E-state index is 10.3. The molecule has 3 rings (SSSR count). The van der Waals surface area contributed by atoms with Gasteiger partial charge in [-0.2, -0.15) is 0 Å². The maximum Gasteiger partial charge on any atom is 0.130 e. The third kappa shape index (κ3) is 4.11. The fraction of sp³-hybridized carbons (Fsp3) is 0.778. The molecular formula is C18H29N3O3. The smallest absolute Gasteiger partial charge is 0.130 e. The lowest BCUT2D eigenvalue weighted by Gasteiger charge is -2.33. The van der Waals surface area contributed by atoms with E-state index in [9.17, 15) is 10.2 Å². The number of aliphatic hydroxyl groups is 2. The van der Waals surface area contributed by atoms with Gasteiger partial charge in [-0.25, -0.2) is 9.97 Å². The van der Waals surface area contributed by atoms with Crippen LogP contribution in [0.15, 0.2) is 12.3 Å². The average Bonchev–Trinajstić information content (AvgIpc) is 2.84. The first-order valence-electron chi connectivity index (χ1n) is 9.06. The summed E-state index contributed by atoms with van der Waals surface area (Å²) in [5.74, 6) is 0.910. The van der Waals surface area contributed by atoms with Crippen LogP contribution in [-0.4, -0.2) is 58.7 Å². The van der Waals surface area contributed by atoms with Crippen molar-refractivity contribution < 1.29 is 14.9 Å².